The molecule has 6 aromatic rings. The molecule has 2 amide bonds. The summed E-state index contributed by atoms with van der Waals surface area (Å²) in [5.41, 5.74) is 3.69. The number of carbonyl (C=O) groups is 4. The van der Waals surface area contributed by atoms with E-state index >= 15 is 0 Å². The van der Waals surface area contributed by atoms with Crippen molar-refractivity contribution in [3.63, 3.8) is 0 Å². The van der Waals surface area contributed by atoms with Gasteiger partial charge in [0.15, 0.2) is 0 Å². The van der Waals surface area contributed by atoms with Gasteiger partial charge in [0, 0.05) is 22.5 Å². The van der Waals surface area contributed by atoms with Crippen LogP contribution < -0.4 is 20.7 Å². The molecule has 0 aliphatic rings. The molecule has 0 aliphatic carbocycles. The predicted molar refractivity (Wildman–Crippen MR) is 200 cm³/mol. The van der Waals surface area contributed by atoms with Crippen molar-refractivity contribution < 1.29 is 52.3 Å². The molecule has 0 spiro atoms. The lowest BCUT2D eigenvalue weighted by Gasteiger charge is -2.11. The van der Waals surface area contributed by atoms with Crippen molar-refractivity contribution in [2.75, 3.05) is 24.9 Å². The van der Waals surface area contributed by atoms with Crippen molar-refractivity contribution >= 4 is 47.5 Å². The van der Waals surface area contributed by atoms with E-state index in [1.165, 1.54) is 63.3 Å². The molecular formula is C36H33N9O11S. The predicted octanol–water partition coefficient (Wildman–Crippen LogP) is 4.13. The third kappa shape index (κ3) is 12.4. The van der Waals surface area contributed by atoms with E-state index in [0.29, 0.717) is 64.8 Å². The lowest BCUT2D eigenvalue weighted by atomic mass is 10.1. The van der Waals surface area contributed by atoms with Gasteiger partial charge in [-0.05, 0) is 101 Å². The maximum Gasteiger partial charge on any atom is 0.337 e. The Hall–Kier alpha value is -7.17. The van der Waals surface area contributed by atoms with E-state index in [2.05, 4.69) is 51.1 Å². The SMILES string of the molecule is COC(=O)c1cc(Cn2cncn2)cc(NC(=O)c2ccc(O)cc2)c1.COC(=O)c1cc(Cn2cncn2)cc(NC(=O)c2ccc(OSOOON)cc2)c1. The Bertz CT molecular complexity index is 2260. The first kappa shape index (κ1) is 41.0. The van der Waals surface area contributed by atoms with Crippen LogP contribution in [-0.2, 0) is 36.9 Å². The molecule has 21 heteroatoms. The molecule has 6 rings (SSSR count). The number of phenols is 1. The number of anilines is 2. The molecule has 0 atom stereocenters. The van der Waals surface area contributed by atoms with Crippen molar-refractivity contribution in [3.05, 3.63) is 144 Å². The monoisotopic (exact) mass is 799 g/mol. The molecule has 2 heterocycles. The highest BCUT2D eigenvalue weighted by Gasteiger charge is 2.15. The summed E-state index contributed by atoms with van der Waals surface area (Å²) in [6.07, 6.45) is 5.92. The molecule has 0 fully saturated rings. The van der Waals surface area contributed by atoms with Gasteiger partial charge in [0.05, 0.1) is 38.4 Å². The fourth-order valence-corrected chi connectivity index (χ4v) is 5.22. The number of phenolic OH excluding ortho intramolecular Hbond substituents is 1. The second-order valence-corrected chi connectivity index (χ2v) is 11.8. The summed E-state index contributed by atoms with van der Waals surface area (Å²) in [6.45, 7) is 0.741. The summed E-state index contributed by atoms with van der Waals surface area (Å²) in [5, 5.41) is 26.9. The maximum absolute atomic E-state index is 12.6. The number of methoxy groups -OCH3 is 2. The normalized spacial score (nSPS) is 10.4. The molecule has 4 aromatic carbocycles. The summed E-state index contributed by atoms with van der Waals surface area (Å²) in [4.78, 5) is 60.4. The van der Waals surface area contributed by atoms with Gasteiger partial charge in [0.2, 0.25) is 0 Å². The van der Waals surface area contributed by atoms with Crippen molar-refractivity contribution in [1.29, 1.82) is 0 Å². The number of ether oxygens (including phenoxy) is 2. The van der Waals surface area contributed by atoms with Gasteiger partial charge in [-0.15, -0.1) is 4.99 Å². The number of hydrogen-bond donors (Lipinski definition) is 4. The smallest absolute Gasteiger partial charge is 0.337 e. The standard InChI is InChI=1S/C18H17N5O7S.C18H16N4O4/c1-26-18(25)14-6-12(9-23-11-20-10-21-23)7-15(8-14)22-17(24)13-2-4-16(5-3-13)27-31-30-29-28-19;1-26-18(25)14-6-12(9-22-11-19-10-20-22)7-15(8-14)21-17(24)13-2-4-16(23)5-3-13/h2-8,10-11H,9,19H2,1H3,(H,22,24);2-8,10-11,23H,9H2,1H3,(H,21,24). The maximum atomic E-state index is 12.6. The molecule has 0 saturated carbocycles. The molecule has 0 aliphatic heterocycles. The number of carbonyl (C=O) groups excluding carboxylic acids is 4. The highest BCUT2D eigenvalue weighted by Crippen LogP contribution is 2.22. The van der Waals surface area contributed by atoms with E-state index in [1.54, 1.807) is 70.5 Å². The van der Waals surface area contributed by atoms with Crippen LogP contribution in [-0.4, -0.2) is 72.6 Å². The number of nitrogens with one attached hydrogen (secondary N) is 2. The topological polar surface area (TPSA) is 255 Å². The van der Waals surface area contributed by atoms with Gasteiger partial charge >= 0.3 is 11.9 Å². The van der Waals surface area contributed by atoms with Gasteiger partial charge in [-0.25, -0.2) is 28.9 Å². The fourth-order valence-electron chi connectivity index (χ4n) is 4.95. The number of nitrogens with two attached hydrogens (primary N) is 1. The summed E-state index contributed by atoms with van der Waals surface area (Å²) < 4.78 is 22.2. The van der Waals surface area contributed by atoms with Crippen LogP contribution in [0.15, 0.2) is 110 Å². The lowest BCUT2D eigenvalue weighted by molar-refractivity contribution is -0.465. The molecule has 294 valence electrons. The highest BCUT2D eigenvalue weighted by atomic mass is 32.2. The van der Waals surface area contributed by atoms with Crippen LogP contribution >= 0.6 is 12.3 Å². The quantitative estimate of drug-likeness (QED) is 0.0374. The molecule has 0 saturated heterocycles. The van der Waals surface area contributed by atoms with E-state index in [4.69, 9.17) is 13.7 Å². The number of hydrogen-bond acceptors (Lipinski definition) is 17. The lowest BCUT2D eigenvalue weighted by Crippen LogP contribution is -2.13. The first-order valence-corrected chi connectivity index (χ1v) is 16.9. The minimum atomic E-state index is -0.527. The zero-order valence-corrected chi connectivity index (χ0v) is 30.8. The largest absolute Gasteiger partial charge is 0.508 e. The first-order valence-electron chi connectivity index (χ1n) is 16.3. The van der Waals surface area contributed by atoms with Crippen LogP contribution in [0.5, 0.6) is 11.5 Å². The van der Waals surface area contributed by atoms with Gasteiger partial charge in [0.25, 0.3) is 24.1 Å². The minimum Gasteiger partial charge on any atom is -0.508 e. The van der Waals surface area contributed by atoms with Gasteiger partial charge in [-0.1, -0.05) is 4.33 Å². The average molecular weight is 800 g/mol. The number of rotatable bonds is 15. The average Bonchev–Trinajstić information content (AvgIpc) is 3.94. The summed E-state index contributed by atoms with van der Waals surface area (Å²) >= 11 is 0.474. The van der Waals surface area contributed by atoms with Crippen LogP contribution in [0.1, 0.15) is 52.6 Å². The van der Waals surface area contributed by atoms with Crippen molar-refractivity contribution in [2.45, 2.75) is 13.1 Å². The molecule has 2 aromatic heterocycles. The number of amides is 2. The number of esters is 2. The van der Waals surface area contributed by atoms with Crippen LogP contribution in [0.25, 0.3) is 0 Å². The van der Waals surface area contributed by atoms with Crippen molar-refractivity contribution in [3.8, 4) is 11.5 Å². The zero-order chi connectivity index (χ0) is 40.6. The molecule has 0 radical (unpaired) electrons. The Labute approximate surface area is 327 Å². The molecule has 20 nitrogen and oxygen atoms in total. The Morgan fingerprint density at radius 2 is 1.16 bits per heavy atom. The van der Waals surface area contributed by atoms with E-state index in [0.717, 1.165) is 11.1 Å². The van der Waals surface area contributed by atoms with Crippen LogP contribution in [0.3, 0.4) is 0 Å². The van der Waals surface area contributed by atoms with E-state index in [-0.39, 0.29) is 17.6 Å². The second kappa shape index (κ2) is 20.5. The second-order valence-electron chi connectivity index (χ2n) is 11.4. The summed E-state index contributed by atoms with van der Waals surface area (Å²) in [6, 6.07) is 21.9. The number of benzene rings is 4. The number of aromatic hydroxyl groups is 1. The summed E-state index contributed by atoms with van der Waals surface area (Å²) in [5.74, 6) is 3.29. The van der Waals surface area contributed by atoms with Crippen LogP contribution in [0.2, 0.25) is 0 Å². The Morgan fingerprint density at radius 3 is 1.58 bits per heavy atom. The first-order chi connectivity index (χ1) is 27.6. The van der Waals surface area contributed by atoms with Gasteiger partial charge in [0.1, 0.15) is 36.8 Å². The summed E-state index contributed by atoms with van der Waals surface area (Å²) in [7, 11) is 2.58. The molecule has 5 N–H and O–H groups in total. The molecular weight excluding hydrogens is 767 g/mol. The highest BCUT2D eigenvalue weighted by molar-refractivity contribution is 7.90. The van der Waals surface area contributed by atoms with Crippen molar-refractivity contribution in [1.82, 2.24) is 29.5 Å². The third-order valence-electron chi connectivity index (χ3n) is 7.44. The Kier molecular flexibility index (Phi) is 14.7. The number of nitrogens with zero attached hydrogens (tertiary/aromatic N) is 6. The Morgan fingerprint density at radius 1 is 0.684 bits per heavy atom. The van der Waals surface area contributed by atoms with E-state index in [1.807, 2.05) is 0 Å². The van der Waals surface area contributed by atoms with Crippen LogP contribution in [0, 0.1) is 0 Å². The molecule has 57 heavy (non-hydrogen) atoms. The van der Waals surface area contributed by atoms with Gasteiger partial charge < -0.3 is 29.4 Å². The van der Waals surface area contributed by atoms with E-state index < -0.39 is 11.9 Å². The minimum absolute atomic E-state index is 0.0735. The fraction of sp³-hybridized carbons (Fsp3) is 0.111. The van der Waals surface area contributed by atoms with Crippen molar-refractivity contribution in [2.24, 2.45) is 5.90 Å². The molecule has 0 unspecified atom stereocenters. The number of aromatic nitrogens is 6. The van der Waals surface area contributed by atoms with Gasteiger partial charge in [-0.2, -0.15) is 16.1 Å². The Balaban J connectivity index is 0.000000221. The zero-order valence-electron chi connectivity index (χ0n) is 30.0. The third-order valence-corrected chi connectivity index (χ3v) is 7.81. The van der Waals surface area contributed by atoms with Crippen LogP contribution in [0.4, 0.5) is 11.4 Å². The molecule has 0 bridgehead atoms. The van der Waals surface area contributed by atoms with E-state index in [9.17, 15) is 24.3 Å². The van der Waals surface area contributed by atoms with Gasteiger partial charge in [-0.3, -0.25) is 9.59 Å².